The maximum atomic E-state index is 12.0. The highest BCUT2D eigenvalue weighted by atomic mass is 35.5. The van der Waals surface area contributed by atoms with E-state index < -0.39 is 0 Å². The lowest BCUT2D eigenvalue weighted by molar-refractivity contribution is -0.124. The lowest BCUT2D eigenvalue weighted by Gasteiger charge is -2.35. The number of rotatable bonds is 5. The van der Waals surface area contributed by atoms with Gasteiger partial charge in [0.05, 0.1) is 0 Å². The number of hydrogen-bond donors (Lipinski definition) is 2. The summed E-state index contributed by atoms with van der Waals surface area (Å²) in [4.78, 5) is 23.9. The van der Waals surface area contributed by atoms with Crippen LogP contribution in [-0.4, -0.2) is 30.5 Å². The Morgan fingerprint density at radius 3 is 2.38 bits per heavy atom. The van der Waals surface area contributed by atoms with E-state index in [1.54, 1.807) is 42.5 Å². The molecule has 0 spiro atoms. The lowest BCUT2D eigenvalue weighted by atomic mass is 9.86. The van der Waals surface area contributed by atoms with E-state index in [-0.39, 0.29) is 30.5 Å². The fourth-order valence-electron chi connectivity index (χ4n) is 2.92. The summed E-state index contributed by atoms with van der Waals surface area (Å²) in [6.07, 6.45) is 1.33. The molecule has 1 aliphatic carbocycles. The van der Waals surface area contributed by atoms with Crippen LogP contribution in [0.25, 0.3) is 0 Å². The van der Waals surface area contributed by atoms with Crippen molar-refractivity contribution in [2.75, 3.05) is 6.61 Å². The number of amides is 2. The summed E-state index contributed by atoms with van der Waals surface area (Å²) in [6.45, 7) is 1.80. The van der Waals surface area contributed by atoms with E-state index in [1.165, 1.54) is 0 Å². The highest BCUT2D eigenvalue weighted by molar-refractivity contribution is 6.30. The number of aryl methyl sites for hydroxylation is 1. The molecule has 0 atom stereocenters. The molecule has 7 heteroatoms. The molecular formula is C22H20Cl2N2O3. The van der Waals surface area contributed by atoms with Gasteiger partial charge in [-0.05, 0) is 67.8 Å². The normalized spacial score (nSPS) is 17.3. The zero-order chi connectivity index (χ0) is 20.8. The van der Waals surface area contributed by atoms with Crippen molar-refractivity contribution in [3.05, 3.63) is 63.6 Å². The molecule has 0 aromatic heterocycles. The molecule has 2 amide bonds. The van der Waals surface area contributed by atoms with Crippen LogP contribution in [0.3, 0.4) is 0 Å². The molecule has 150 valence electrons. The topological polar surface area (TPSA) is 67.4 Å². The standard InChI is InChI=1S/C22H20Cl2N2O3/c1-14-10-17(24)7-8-20(14)29-13-22(28)26-19-11-18(12-19)25-21(27)9-4-15-2-5-16(23)6-3-15/h2-3,5-8,10,18-19H,11-13H2,1H3,(H,25,27)(H,26,28). The van der Waals surface area contributed by atoms with Crippen molar-refractivity contribution in [1.29, 1.82) is 0 Å². The Bertz CT molecular complexity index is 958. The van der Waals surface area contributed by atoms with Crippen LogP contribution in [0.2, 0.25) is 10.0 Å². The van der Waals surface area contributed by atoms with Gasteiger partial charge in [-0.25, -0.2) is 0 Å². The third-order valence-corrected chi connectivity index (χ3v) is 4.99. The van der Waals surface area contributed by atoms with Crippen LogP contribution < -0.4 is 15.4 Å². The van der Waals surface area contributed by atoms with Crippen LogP contribution in [0.4, 0.5) is 0 Å². The number of nitrogens with one attached hydrogen (secondary N) is 2. The number of hydrogen-bond acceptors (Lipinski definition) is 3. The number of benzene rings is 2. The fourth-order valence-corrected chi connectivity index (χ4v) is 3.28. The minimum atomic E-state index is -0.337. The van der Waals surface area contributed by atoms with Gasteiger partial charge in [0, 0.05) is 33.6 Å². The highest BCUT2D eigenvalue weighted by Crippen LogP contribution is 2.22. The summed E-state index contributed by atoms with van der Waals surface area (Å²) < 4.78 is 5.53. The zero-order valence-corrected chi connectivity index (χ0v) is 17.3. The first-order valence-corrected chi connectivity index (χ1v) is 9.91. The Labute approximate surface area is 179 Å². The largest absolute Gasteiger partial charge is 0.484 e. The van der Waals surface area contributed by atoms with Crippen LogP contribution >= 0.6 is 23.2 Å². The van der Waals surface area contributed by atoms with Crippen molar-refractivity contribution in [2.45, 2.75) is 31.8 Å². The Morgan fingerprint density at radius 2 is 1.69 bits per heavy atom. The van der Waals surface area contributed by atoms with E-state index in [0.29, 0.717) is 28.6 Å². The molecule has 2 N–H and O–H groups in total. The van der Waals surface area contributed by atoms with E-state index in [0.717, 1.165) is 11.1 Å². The first-order valence-electron chi connectivity index (χ1n) is 9.15. The second-order valence-electron chi connectivity index (χ2n) is 6.86. The molecule has 1 fully saturated rings. The second kappa shape index (κ2) is 9.69. The van der Waals surface area contributed by atoms with Crippen molar-refractivity contribution in [1.82, 2.24) is 10.6 Å². The van der Waals surface area contributed by atoms with Gasteiger partial charge in [-0.1, -0.05) is 29.1 Å². The molecule has 3 rings (SSSR count). The minimum Gasteiger partial charge on any atom is -0.484 e. The van der Waals surface area contributed by atoms with Gasteiger partial charge < -0.3 is 15.4 Å². The predicted octanol–water partition coefficient (Wildman–Crippen LogP) is 3.50. The third-order valence-electron chi connectivity index (χ3n) is 4.50. The summed E-state index contributed by atoms with van der Waals surface area (Å²) in [7, 11) is 0. The van der Waals surface area contributed by atoms with Crippen LogP contribution in [0.5, 0.6) is 5.75 Å². The van der Waals surface area contributed by atoms with E-state index >= 15 is 0 Å². The van der Waals surface area contributed by atoms with Gasteiger partial charge in [0.25, 0.3) is 11.8 Å². The van der Waals surface area contributed by atoms with Gasteiger partial charge in [0.1, 0.15) is 5.75 Å². The molecule has 0 saturated heterocycles. The van der Waals surface area contributed by atoms with Gasteiger partial charge in [-0.15, -0.1) is 0 Å². The van der Waals surface area contributed by atoms with Gasteiger partial charge in [0.2, 0.25) is 0 Å². The molecule has 0 aliphatic heterocycles. The molecule has 0 bridgehead atoms. The second-order valence-corrected chi connectivity index (χ2v) is 7.73. The Morgan fingerprint density at radius 1 is 1.03 bits per heavy atom. The Balaban J connectivity index is 1.36. The summed E-state index contributed by atoms with van der Waals surface area (Å²) in [6, 6.07) is 12.2. The lowest BCUT2D eigenvalue weighted by Crippen LogP contribution is -2.54. The molecule has 5 nitrogen and oxygen atoms in total. The highest BCUT2D eigenvalue weighted by Gasteiger charge is 2.31. The van der Waals surface area contributed by atoms with E-state index in [2.05, 4.69) is 22.5 Å². The van der Waals surface area contributed by atoms with Crippen LogP contribution in [0, 0.1) is 18.8 Å². The summed E-state index contributed by atoms with van der Waals surface area (Å²) >= 11 is 11.7. The summed E-state index contributed by atoms with van der Waals surface area (Å²) in [5.74, 6) is 5.45. The van der Waals surface area contributed by atoms with Crippen molar-refractivity contribution >= 4 is 35.0 Å². The molecule has 1 saturated carbocycles. The third kappa shape index (κ3) is 6.42. The maximum absolute atomic E-state index is 12.0. The fraction of sp³-hybridized carbons (Fsp3) is 0.273. The molecule has 2 aromatic carbocycles. The minimum absolute atomic E-state index is 0.00625. The van der Waals surface area contributed by atoms with Crippen molar-refractivity contribution < 1.29 is 14.3 Å². The first-order chi connectivity index (χ1) is 13.9. The molecule has 0 heterocycles. The molecule has 0 unspecified atom stereocenters. The number of halogens is 2. The Kier molecular flexibility index (Phi) is 7.03. The van der Waals surface area contributed by atoms with E-state index in [1.807, 2.05) is 6.92 Å². The van der Waals surface area contributed by atoms with Crippen LogP contribution in [0.15, 0.2) is 42.5 Å². The van der Waals surface area contributed by atoms with E-state index in [4.69, 9.17) is 27.9 Å². The number of carbonyl (C=O) groups excluding carboxylic acids is 2. The molecular weight excluding hydrogens is 411 g/mol. The van der Waals surface area contributed by atoms with E-state index in [9.17, 15) is 9.59 Å². The Hall–Kier alpha value is -2.68. The van der Waals surface area contributed by atoms with Gasteiger partial charge in [0.15, 0.2) is 6.61 Å². The molecule has 0 radical (unpaired) electrons. The first kappa shape index (κ1) is 21.0. The van der Waals surface area contributed by atoms with Gasteiger partial charge in [-0.2, -0.15) is 0 Å². The number of carbonyl (C=O) groups is 2. The van der Waals surface area contributed by atoms with Crippen molar-refractivity contribution in [3.63, 3.8) is 0 Å². The molecule has 29 heavy (non-hydrogen) atoms. The molecule has 1 aliphatic rings. The monoisotopic (exact) mass is 430 g/mol. The average Bonchev–Trinajstić information content (AvgIpc) is 2.65. The van der Waals surface area contributed by atoms with Gasteiger partial charge in [-0.3, -0.25) is 9.59 Å². The quantitative estimate of drug-likeness (QED) is 0.713. The summed E-state index contributed by atoms with van der Waals surface area (Å²) in [5.41, 5.74) is 1.59. The smallest absolute Gasteiger partial charge is 0.296 e. The average molecular weight is 431 g/mol. The zero-order valence-electron chi connectivity index (χ0n) is 15.8. The van der Waals surface area contributed by atoms with Crippen LogP contribution in [-0.2, 0) is 9.59 Å². The predicted molar refractivity (Wildman–Crippen MR) is 113 cm³/mol. The van der Waals surface area contributed by atoms with Crippen molar-refractivity contribution in [2.24, 2.45) is 0 Å². The van der Waals surface area contributed by atoms with Crippen molar-refractivity contribution in [3.8, 4) is 17.6 Å². The van der Waals surface area contributed by atoms with Crippen LogP contribution in [0.1, 0.15) is 24.0 Å². The summed E-state index contributed by atoms with van der Waals surface area (Å²) in [5, 5.41) is 6.98. The molecule has 2 aromatic rings. The van der Waals surface area contributed by atoms with Gasteiger partial charge >= 0.3 is 0 Å². The maximum Gasteiger partial charge on any atom is 0.296 e. The number of ether oxygens (including phenoxy) is 1. The SMILES string of the molecule is Cc1cc(Cl)ccc1OCC(=O)NC1CC(NC(=O)C#Cc2ccc(Cl)cc2)C1.